The standard InChI is InChI=1S/C12H15N3O3/c1-7(13)15-11(16)8-5-4-6-9(18-3)10(8)14(2)12(15)17/h4-7H,13H2,1-3H3. The number of methoxy groups -OCH3 is 1. The number of hydrogen-bond donors (Lipinski definition) is 1. The van der Waals surface area contributed by atoms with Gasteiger partial charge in [0.05, 0.1) is 18.7 Å². The molecule has 2 N–H and O–H groups in total. The molecule has 0 aliphatic heterocycles. The molecular weight excluding hydrogens is 234 g/mol. The molecule has 0 fully saturated rings. The third-order valence-corrected chi connectivity index (χ3v) is 2.90. The molecule has 0 spiro atoms. The molecule has 0 aliphatic carbocycles. The normalized spacial score (nSPS) is 12.7. The number of aromatic nitrogens is 2. The zero-order chi connectivity index (χ0) is 13.4. The van der Waals surface area contributed by atoms with Crippen LogP contribution in [0.15, 0.2) is 27.8 Å². The van der Waals surface area contributed by atoms with Crippen molar-refractivity contribution in [2.24, 2.45) is 12.8 Å². The Morgan fingerprint density at radius 3 is 2.56 bits per heavy atom. The lowest BCUT2D eigenvalue weighted by Crippen LogP contribution is -2.43. The van der Waals surface area contributed by atoms with Crippen molar-refractivity contribution in [2.45, 2.75) is 13.1 Å². The number of benzene rings is 1. The minimum atomic E-state index is -0.674. The summed E-state index contributed by atoms with van der Waals surface area (Å²) in [5, 5.41) is 0.411. The average molecular weight is 249 g/mol. The molecule has 1 atom stereocenters. The molecular formula is C12H15N3O3. The van der Waals surface area contributed by atoms with Crippen molar-refractivity contribution in [1.82, 2.24) is 9.13 Å². The van der Waals surface area contributed by atoms with Crippen molar-refractivity contribution >= 4 is 10.9 Å². The van der Waals surface area contributed by atoms with Gasteiger partial charge in [0.1, 0.15) is 11.3 Å². The first-order chi connectivity index (χ1) is 8.49. The van der Waals surface area contributed by atoms with E-state index in [1.165, 1.54) is 11.7 Å². The molecule has 6 heteroatoms. The van der Waals surface area contributed by atoms with Crippen molar-refractivity contribution < 1.29 is 4.74 Å². The van der Waals surface area contributed by atoms with Crippen molar-refractivity contribution in [3.63, 3.8) is 0 Å². The monoisotopic (exact) mass is 249 g/mol. The predicted molar refractivity (Wildman–Crippen MR) is 68.9 cm³/mol. The summed E-state index contributed by atoms with van der Waals surface area (Å²) in [5.41, 5.74) is 5.29. The summed E-state index contributed by atoms with van der Waals surface area (Å²) in [4.78, 5) is 24.3. The maximum absolute atomic E-state index is 12.2. The number of nitrogens with zero attached hydrogens (tertiary/aromatic N) is 2. The van der Waals surface area contributed by atoms with Gasteiger partial charge in [0.15, 0.2) is 0 Å². The van der Waals surface area contributed by atoms with Crippen LogP contribution in [0.25, 0.3) is 10.9 Å². The molecule has 0 radical (unpaired) electrons. The van der Waals surface area contributed by atoms with Gasteiger partial charge in [-0.2, -0.15) is 0 Å². The second-order valence-corrected chi connectivity index (χ2v) is 4.11. The van der Waals surface area contributed by atoms with Gasteiger partial charge in [0.2, 0.25) is 0 Å². The molecule has 1 unspecified atom stereocenters. The first kappa shape index (κ1) is 12.4. The number of fused-ring (bicyclic) bond motifs is 1. The molecule has 2 aromatic rings. The Balaban J connectivity index is 3.08. The van der Waals surface area contributed by atoms with Crippen LogP contribution in [0.2, 0.25) is 0 Å². The summed E-state index contributed by atoms with van der Waals surface area (Å²) in [6, 6.07) is 5.06. The summed E-state index contributed by atoms with van der Waals surface area (Å²) in [6.45, 7) is 1.59. The van der Waals surface area contributed by atoms with Gasteiger partial charge in [-0.25, -0.2) is 9.36 Å². The van der Waals surface area contributed by atoms with Crippen LogP contribution in [0.5, 0.6) is 5.75 Å². The lowest BCUT2D eigenvalue weighted by atomic mass is 10.2. The van der Waals surface area contributed by atoms with E-state index in [-0.39, 0.29) is 0 Å². The quantitative estimate of drug-likeness (QED) is 0.823. The molecule has 1 heterocycles. The second kappa shape index (κ2) is 4.30. The third kappa shape index (κ3) is 1.62. The van der Waals surface area contributed by atoms with E-state index in [1.807, 2.05) is 0 Å². The van der Waals surface area contributed by atoms with Crippen LogP contribution in [0.4, 0.5) is 0 Å². The van der Waals surface area contributed by atoms with E-state index in [2.05, 4.69) is 0 Å². The van der Waals surface area contributed by atoms with Crippen LogP contribution in [0.1, 0.15) is 13.1 Å². The minimum absolute atomic E-state index is 0.401. The van der Waals surface area contributed by atoms with Crippen LogP contribution in [-0.2, 0) is 7.05 Å². The smallest absolute Gasteiger partial charge is 0.332 e. The number of para-hydroxylation sites is 1. The van der Waals surface area contributed by atoms with Gasteiger partial charge >= 0.3 is 5.69 Å². The van der Waals surface area contributed by atoms with Crippen LogP contribution >= 0.6 is 0 Å². The van der Waals surface area contributed by atoms with Crippen molar-refractivity contribution in [3.8, 4) is 5.75 Å². The highest BCUT2D eigenvalue weighted by atomic mass is 16.5. The average Bonchev–Trinajstić information content (AvgIpc) is 2.35. The Morgan fingerprint density at radius 1 is 1.33 bits per heavy atom. The van der Waals surface area contributed by atoms with Gasteiger partial charge in [-0.3, -0.25) is 9.36 Å². The molecule has 0 aliphatic rings. The lowest BCUT2D eigenvalue weighted by Gasteiger charge is -2.14. The summed E-state index contributed by atoms with van der Waals surface area (Å²) >= 11 is 0. The lowest BCUT2D eigenvalue weighted by molar-refractivity contribution is 0.416. The zero-order valence-corrected chi connectivity index (χ0v) is 10.5. The maximum atomic E-state index is 12.2. The van der Waals surface area contributed by atoms with E-state index < -0.39 is 17.4 Å². The predicted octanol–water partition coefficient (Wildman–Crippen LogP) is 0.186. The number of hydrogen-bond acceptors (Lipinski definition) is 4. The van der Waals surface area contributed by atoms with Gasteiger partial charge < -0.3 is 10.5 Å². The topological polar surface area (TPSA) is 79.2 Å². The number of nitrogens with two attached hydrogens (primary N) is 1. The highest BCUT2D eigenvalue weighted by Crippen LogP contribution is 2.21. The summed E-state index contributed by atoms with van der Waals surface area (Å²) < 4.78 is 7.58. The van der Waals surface area contributed by atoms with E-state index in [1.54, 1.807) is 32.2 Å². The van der Waals surface area contributed by atoms with E-state index in [9.17, 15) is 9.59 Å². The van der Waals surface area contributed by atoms with E-state index >= 15 is 0 Å². The largest absolute Gasteiger partial charge is 0.495 e. The molecule has 18 heavy (non-hydrogen) atoms. The molecule has 0 saturated carbocycles. The summed E-state index contributed by atoms with van der Waals surface area (Å²) in [6.07, 6.45) is -0.674. The first-order valence-electron chi connectivity index (χ1n) is 5.53. The highest BCUT2D eigenvalue weighted by Gasteiger charge is 2.15. The van der Waals surface area contributed by atoms with Crippen molar-refractivity contribution in [3.05, 3.63) is 39.0 Å². The Kier molecular flexibility index (Phi) is 2.96. The number of aryl methyl sites for hydroxylation is 1. The van der Waals surface area contributed by atoms with Gasteiger partial charge in [-0.1, -0.05) is 6.07 Å². The van der Waals surface area contributed by atoms with Gasteiger partial charge in [-0.15, -0.1) is 0 Å². The van der Waals surface area contributed by atoms with Gasteiger partial charge in [0.25, 0.3) is 5.56 Å². The molecule has 96 valence electrons. The third-order valence-electron chi connectivity index (χ3n) is 2.90. The second-order valence-electron chi connectivity index (χ2n) is 4.11. The van der Waals surface area contributed by atoms with Crippen molar-refractivity contribution in [1.29, 1.82) is 0 Å². The fourth-order valence-corrected chi connectivity index (χ4v) is 2.04. The van der Waals surface area contributed by atoms with E-state index in [0.717, 1.165) is 4.57 Å². The minimum Gasteiger partial charge on any atom is -0.495 e. The Bertz CT molecular complexity index is 713. The highest BCUT2D eigenvalue weighted by molar-refractivity contribution is 5.84. The Morgan fingerprint density at radius 2 is 2.00 bits per heavy atom. The Hall–Kier alpha value is -2.08. The molecule has 2 rings (SSSR count). The summed E-state index contributed by atoms with van der Waals surface area (Å²) in [5.74, 6) is 0.487. The van der Waals surface area contributed by atoms with Crippen LogP contribution in [-0.4, -0.2) is 16.2 Å². The van der Waals surface area contributed by atoms with E-state index in [4.69, 9.17) is 10.5 Å². The molecule has 0 bridgehead atoms. The number of rotatable bonds is 2. The Labute approximate surface area is 103 Å². The molecule has 0 amide bonds. The molecule has 1 aromatic carbocycles. The van der Waals surface area contributed by atoms with Gasteiger partial charge in [0, 0.05) is 7.05 Å². The van der Waals surface area contributed by atoms with Crippen LogP contribution < -0.4 is 21.7 Å². The molecule has 6 nitrogen and oxygen atoms in total. The SMILES string of the molecule is COc1cccc2c(=O)n(C(C)N)c(=O)n(C)c12. The first-order valence-corrected chi connectivity index (χ1v) is 5.53. The van der Waals surface area contributed by atoms with Crippen LogP contribution in [0, 0.1) is 0 Å². The zero-order valence-electron chi connectivity index (χ0n) is 10.5. The summed E-state index contributed by atoms with van der Waals surface area (Å²) in [7, 11) is 3.09. The molecule has 1 aromatic heterocycles. The fourth-order valence-electron chi connectivity index (χ4n) is 2.04. The van der Waals surface area contributed by atoms with Crippen LogP contribution in [0.3, 0.4) is 0 Å². The van der Waals surface area contributed by atoms with E-state index in [0.29, 0.717) is 16.7 Å². The maximum Gasteiger partial charge on any atom is 0.332 e. The molecule has 0 saturated heterocycles. The fraction of sp³-hybridized carbons (Fsp3) is 0.333. The number of ether oxygens (including phenoxy) is 1. The van der Waals surface area contributed by atoms with Crippen molar-refractivity contribution in [2.75, 3.05) is 7.11 Å². The van der Waals surface area contributed by atoms with Gasteiger partial charge in [-0.05, 0) is 19.1 Å².